The molecule has 0 aliphatic heterocycles. The Labute approximate surface area is 140 Å². The lowest BCUT2D eigenvalue weighted by Gasteiger charge is -2.25. The van der Waals surface area contributed by atoms with Gasteiger partial charge in [-0.2, -0.15) is 0 Å². The molecule has 1 saturated carbocycles. The number of rotatable bonds is 4. The fourth-order valence-electron chi connectivity index (χ4n) is 3.09. The van der Waals surface area contributed by atoms with Gasteiger partial charge in [0.1, 0.15) is 11.6 Å². The highest BCUT2D eigenvalue weighted by molar-refractivity contribution is 5.81. The van der Waals surface area contributed by atoms with Crippen molar-refractivity contribution >= 4 is 12.1 Å². The van der Waals surface area contributed by atoms with E-state index in [0.717, 1.165) is 12.8 Å². The number of hydrogen-bond donors (Lipinski definition) is 1. The van der Waals surface area contributed by atoms with E-state index in [-0.39, 0.29) is 0 Å². The van der Waals surface area contributed by atoms with Crippen LogP contribution in [-0.4, -0.2) is 30.8 Å². The van der Waals surface area contributed by atoms with E-state index in [4.69, 9.17) is 9.47 Å². The van der Waals surface area contributed by atoms with Crippen molar-refractivity contribution in [3.05, 3.63) is 0 Å². The number of esters is 1. The van der Waals surface area contributed by atoms with Gasteiger partial charge in [-0.25, -0.2) is 9.59 Å². The molecule has 0 spiro atoms. The second-order valence-corrected chi connectivity index (χ2v) is 7.52. The summed E-state index contributed by atoms with van der Waals surface area (Å²) in [6.07, 6.45) is 9.84. The highest BCUT2D eigenvalue weighted by atomic mass is 16.6. The Hall–Kier alpha value is -1.26. The summed E-state index contributed by atoms with van der Waals surface area (Å²) in [5.41, 5.74) is -0.580. The lowest BCUT2D eigenvalue weighted by atomic mass is 9.90. The van der Waals surface area contributed by atoms with Crippen LogP contribution in [0.2, 0.25) is 0 Å². The Morgan fingerprint density at radius 2 is 1.57 bits per heavy atom. The SMILES string of the molecule is COC(=O)C(CC1CCCCCCCC1)NC(=O)OC(C)(C)C. The molecule has 0 saturated heterocycles. The first-order valence-electron chi connectivity index (χ1n) is 8.89. The molecule has 0 bridgehead atoms. The van der Waals surface area contributed by atoms with Gasteiger partial charge in [-0.3, -0.25) is 0 Å². The maximum atomic E-state index is 12.0. The van der Waals surface area contributed by atoms with Gasteiger partial charge in [0.2, 0.25) is 0 Å². The molecule has 1 fully saturated rings. The van der Waals surface area contributed by atoms with Crippen molar-refractivity contribution in [2.45, 2.75) is 90.2 Å². The van der Waals surface area contributed by atoms with Crippen LogP contribution in [0.1, 0.15) is 78.6 Å². The van der Waals surface area contributed by atoms with Gasteiger partial charge in [0, 0.05) is 0 Å². The predicted octanol–water partition coefficient (Wildman–Crippen LogP) is 4.19. The first-order chi connectivity index (χ1) is 10.8. The third-order valence-corrected chi connectivity index (χ3v) is 4.22. The van der Waals surface area contributed by atoms with Crippen molar-refractivity contribution in [2.24, 2.45) is 5.92 Å². The fourth-order valence-corrected chi connectivity index (χ4v) is 3.09. The molecule has 1 N–H and O–H groups in total. The third-order valence-electron chi connectivity index (χ3n) is 4.22. The summed E-state index contributed by atoms with van der Waals surface area (Å²) >= 11 is 0. The van der Waals surface area contributed by atoms with Crippen molar-refractivity contribution in [3.8, 4) is 0 Å². The number of hydrogen-bond acceptors (Lipinski definition) is 4. The van der Waals surface area contributed by atoms with E-state index in [9.17, 15) is 9.59 Å². The molecule has 1 amide bonds. The van der Waals surface area contributed by atoms with E-state index in [1.807, 2.05) is 0 Å². The van der Waals surface area contributed by atoms with Gasteiger partial charge >= 0.3 is 12.1 Å². The Morgan fingerprint density at radius 1 is 1.04 bits per heavy atom. The summed E-state index contributed by atoms with van der Waals surface area (Å²) in [7, 11) is 1.36. The van der Waals surface area contributed by atoms with Crippen molar-refractivity contribution < 1.29 is 19.1 Å². The zero-order valence-electron chi connectivity index (χ0n) is 15.2. The molecule has 1 unspecified atom stereocenters. The van der Waals surface area contributed by atoms with Crippen LogP contribution in [0.5, 0.6) is 0 Å². The monoisotopic (exact) mass is 327 g/mol. The van der Waals surface area contributed by atoms with Gasteiger partial charge in [0.15, 0.2) is 0 Å². The first-order valence-corrected chi connectivity index (χ1v) is 8.89. The van der Waals surface area contributed by atoms with Crippen molar-refractivity contribution in [1.29, 1.82) is 0 Å². The number of carbonyl (C=O) groups excluding carboxylic acids is 2. The smallest absolute Gasteiger partial charge is 0.408 e. The number of nitrogens with one attached hydrogen (secondary N) is 1. The Balaban J connectivity index is 2.61. The van der Waals surface area contributed by atoms with Crippen molar-refractivity contribution in [3.63, 3.8) is 0 Å². The molecule has 0 radical (unpaired) electrons. The number of alkyl carbamates (subject to hydrolysis) is 1. The molecule has 5 nitrogen and oxygen atoms in total. The van der Waals surface area contributed by atoms with E-state index in [0.29, 0.717) is 12.3 Å². The molecule has 134 valence electrons. The van der Waals surface area contributed by atoms with E-state index in [1.165, 1.54) is 45.6 Å². The third kappa shape index (κ3) is 8.82. The Morgan fingerprint density at radius 3 is 2.04 bits per heavy atom. The molecule has 1 rings (SSSR count). The van der Waals surface area contributed by atoms with Crippen LogP contribution in [0, 0.1) is 5.92 Å². The van der Waals surface area contributed by atoms with Crippen LogP contribution in [0.15, 0.2) is 0 Å². The highest BCUT2D eigenvalue weighted by Crippen LogP contribution is 2.25. The van der Waals surface area contributed by atoms with Crippen LogP contribution >= 0.6 is 0 Å². The van der Waals surface area contributed by atoms with Gasteiger partial charge in [0.05, 0.1) is 7.11 Å². The quantitative estimate of drug-likeness (QED) is 0.786. The maximum absolute atomic E-state index is 12.0. The summed E-state index contributed by atoms with van der Waals surface area (Å²) in [6, 6.07) is -0.624. The molecular weight excluding hydrogens is 294 g/mol. The van der Waals surface area contributed by atoms with Crippen LogP contribution < -0.4 is 5.32 Å². The van der Waals surface area contributed by atoms with Crippen LogP contribution in [0.3, 0.4) is 0 Å². The lowest BCUT2D eigenvalue weighted by Crippen LogP contribution is -2.45. The van der Waals surface area contributed by atoms with E-state index >= 15 is 0 Å². The second kappa shape index (κ2) is 9.78. The van der Waals surface area contributed by atoms with Gasteiger partial charge in [-0.1, -0.05) is 51.4 Å². The minimum Gasteiger partial charge on any atom is -0.467 e. The normalized spacial score (nSPS) is 19.0. The zero-order chi connectivity index (χ0) is 17.3. The lowest BCUT2D eigenvalue weighted by molar-refractivity contribution is -0.143. The molecular formula is C18H33NO4. The van der Waals surface area contributed by atoms with Crippen LogP contribution in [0.25, 0.3) is 0 Å². The van der Waals surface area contributed by atoms with Gasteiger partial charge < -0.3 is 14.8 Å². The summed E-state index contributed by atoms with van der Waals surface area (Å²) < 4.78 is 10.1. The molecule has 23 heavy (non-hydrogen) atoms. The van der Waals surface area contributed by atoms with Gasteiger partial charge in [0.25, 0.3) is 0 Å². The fraction of sp³-hybridized carbons (Fsp3) is 0.889. The molecule has 0 heterocycles. The van der Waals surface area contributed by atoms with E-state index < -0.39 is 23.7 Å². The minimum atomic E-state index is -0.624. The van der Waals surface area contributed by atoms with Crippen molar-refractivity contribution in [2.75, 3.05) is 7.11 Å². The molecule has 0 aromatic carbocycles. The number of ether oxygens (including phenoxy) is 2. The number of amides is 1. The average Bonchev–Trinajstić information content (AvgIpc) is 2.57. The van der Waals surface area contributed by atoms with E-state index in [1.54, 1.807) is 20.8 Å². The predicted molar refractivity (Wildman–Crippen MR) is 90.2 cm³/mol. The molecule has 1 atom stereocenters. The number of carbonyl (C=O) groups is 2. The summed E-state index contributed by atoms with van der Waals surface area (Å²) in [5.74, 6) is 0.0582. The highest BCUT2D eigenvalue weighted by Gasteiger charge is 2.27. The largest absolute Gasteiger partial charge is 0.467 e. The van der Waals surface area contributed by atoms with Crippen LogP contribution in [0.4, 0.5) is 4.79 Å². The summed E-state index contributed by atoms with van der Waals surface area (Å²) in [4.78, 5) is 24.0. The second-order valence-electron chi connectivity index (χ2n) is 7.52. The zero-order valence-corrected chi connectivity index (χ0v) is 15.2. The standard InChI is InChI=1S/C18H33NO4/c1-18(2,3)23-17(21)19-15(16(20)22-4)13-14-11-9-7-5-6-8-10-12-14/h14-15H,5-13H2,1-4H3,(H,19,21). The number of methoxy groups -OCH3 is 1. The van der Waals surface area contributed by atoms with Crippen molar-refractivity contribution in [1.82, 2.24) is 5.32 Å². The molecule has 5 heteroatoms. The van der Waals surface area contributed by atoms with Crippen LogP contribution in [-0.2, 0) is 14.3 Å². The summed E-state index contributed by atoms with van der Waals surface area (Å²) in [6.45, 7) is 5.41. The molecule has 1 aliphatic rings. The topological polar surface area (TPSA) is 64.6 Å². The first kappa shape index (κ1) is 19.8. The van der Waals surface area contributed by atoms with Gasteiger partial charge in [-0.15, -0.1) is 0 Å². The molecule has 0 aromatic heterocycles. The average molecular weight is 327 g/mol. The Bertz CT molecular complexity index is 366. The molecule has 0 aromatic rings. The maximum Gasteiger partial charge on any atom is 0.408 e. The summed E-state index contributed by atoms with van der Waals surface area (Å²) in [5, 5.41) is 2.69. The van der Waals surface area contributed by atoms with Gasteiger partial charge in [-0.05, 0) is 33.1 Å². The van der Waals surface area contributed by atoms with E-state index in [2.05, 4.69) is 5.32 Å². The Kier molecular flexibility index (Phi) is 8.42. The molecule has 1 aliphatic carbocycles. The minimum absolute atomic E-state index is 0.393.